The van der Waals surface area contributed by atoms with Gasteiger partial charge in [0.05, 0.1) is 11.3 Å². The summed E-state index contributed by atoms with van der Waals surface area (Å²) in [5.41, 5.74) is 1.68. The van der Waals surface area contributed by atoms with Crippen LogP contribution in [0.25, 0.3) is 0 Å². The van der Waals surface area contributed by atoms with Crippen LogP contribution in [0.2, 0.25) is 0 Å². The molecule has 0 radical (unpaired) electrons. The Morgan fingerprint density at radius 2 is 1.65 bits per heavy atom. The van der Waals surface area contributed by atoms with Crippen molar-refractivity contribution in [2.45, 2.75) is 24.9 Å². The number of alkyl halides is 3. The first-order valence-electron chi connectivity index (χ1n) is 9.22. The van der Waals surface area contributed by atoms with E-state index in [1.165, 1.54) is 19.2 Å². The second-order valence-corrected chi connectivity index (χ2v) is 8.51. The lowest BCUT2D eigenvalue weighted by Gasteiger charge is -2.13. The fourth-order valence-electron chi connectivity index (χ4n) is 2.71. The van der Waals surface area contributed by atoms with Crippen molar-refractivity contribution in [3.05, 3.63) is 70.8 Å². The quantitative estimate of drug-likeness (QED) is 0.259. The van der Waals surface area contributed by atoms with Gasteiger partial charge in [0.25, 0.3) is 0 Å². The largest absolute Gasteiger partial charge is 0.416 e. The molecule has 0 amide bonds. The van der Waals surface area contributed by atoms with Crippen LogP contribution in [0.4, 0.5) is 13.2 Å². The van der Waals surface area contributed by atoms with Crippen molar-refractivity contribution >= 4 is 40.0 Å². The van der Waals surface area contributed by atoms with Gasteiger partial charge < -0.3 is 10.6 Å². The van der Waals surface area contributed by atoms with Gasteiger partial charge in [-0.15, -0.1) is 24.0 Å². The van der Waals surface area contributed by atoms with Gasteiger partial charge in [0.1, 0.15) is 0 Å². The van der Waals surface area contributed by atoms with Crippen molar-refractivity contribution in [3.8, 4) is 0 Å². The van der Waals surface area contributed by atoms with Gasteiger partial charge in [-0.05, 0) is 42.3 Å². The number of rotatable bonds is 8. The van der Waals surface area contributed by atoms with Gasteiger partial charge in [-0.3, -0.25) is 4.99 Å². The standard InChI is InChI=1S/C20H25F3N4O2S.HI/c1-24-19(26-11-10-15-6-8-18(9-7-15)20(21,22)23)27-13-16-4-3-5-17(12-16)14-30(28,29)25-2;/h3-9,12,25H,10-11,13-14H2,1-2H3,(H2,24,26,27);1H. The van der Waals surface area contributed by atoms with Crippen LogP contribution in [0.15, 0.2) is 53.5 Å². The topological polar surface area (TPSA) is 82.6 Å². The zero-order valence-electron chi connectivity index (χ0n) is 17.2. The molecule has 0 fully saturated rings. The maximum absolute atomic E-state index is 12.6. The Morgan fingerprint density at radius 3 is 2.23 bits per heavy atom. The smallest absolute Gasteiger partial charge is 0.356 e. The molecule has 0 atom stereocenters. The van der Waals surface area contributed by atoms with Crippen molar-refractivity contribution in [3.63, 3.8) is 0 Å². The number of hydrogen-bond donors (Lipinski definition) is 3. The molecule has 0 aliphatic rings. The Bertz CT molecular complexity index is 965. The highest BCUT2D eigenvalue weighted by atomic mass is 127. The Kier molecular flexibility index (Phi) is 10.7. The van der Waals surface area contributed by atoms with E-state index < -0.39 is 21.8 Å². The molecule has 2 aromatic carbocycles. The number of hydrogen-bond acceptors (Lipinski definition) is 3. The van der Waals surface area contributed by atoms with E-state index in [1.807, 2.05) is 6.07 Å². The average Bonchev–Trinajstić information content (AvgIpc) is 2.70. The number of halogens is 4. The number of sulfonamides is 1. The molecule has 0 aromatic heterocycles. The molecule has 0 saturated carbocycles. The SMILES string of the molecule is CN=C(NCCc1ccc(C(F)(F)F)cc1)NCc1cccc(CS(=O)(=O)NC)c1.I. The minimum atomic E-state index is -4.34. The molecule has 2 aromatic rings. The van der Waals surface area contributed by atoms with E-state index >= 15 is 0 Å². The summed E-state index contributed by atoms with van der Waals surface area (Å²) >= 11 is 0. The molecule has 3 N–H and O–H groups in total. The van der Waals surface area contributed by atoms with Crippen LogP contribution < -0.4 is 15.4 Å². The van der Waals surface area contributed by atoms with Crippen LogP contribution in [-0.4, -0.2) is 35.0 Å². The Balaban J connectivity index is 0.00000480. The molecule has 172 valence electrons. The van der Waals surface area contributed by atoms with E-state index in [-0.39, 0.29) is 29.7 Å². The maximum Gasteiger partial charge on any atom is 0.416 e. The highest BCUT2D eigenvalue weighted by Gasteiger charge is 2.29. The van der Waals surface area contributed by atoms with E-state index in [2.05, 4.69) is 20.3 Å². The number of guanidine groups is 1. The third-order valence-corrected chi connectivity index (χ3v) is 5.67. The lowest BCUT2D eigenvalue weighted by atomic mass is 10.1. The van der Waals surface area contributed by atoms with Crippen LogP contribution in [-0.2, 0) is 34.9 Å². The lowest BCUT2D eigenvalue weighted by Crippen LogP contribution is -2.37. The Hall–Kier alpha value is -1.86. The summed E-state index contributed by atoms with van der Waals surface area (Å²) in [5.74, 6) is 0.437. The van der Waals surface area contributed by atoms with Gasteiger partial charge in [0.15, 0.2) is 5.96 Å². The molecule has 0 saturated heterocycles. The van der Waals surface area contributed by atoms with Crippen LogP contribution in [0.5, 0.6) is 0 Å². The van der Waals surface area contributed by atoms with Crippen LogP contribution >= 0.6 is 24.0 Å². The van der Waals surface area contributed by atoms with E-state index in [0.717, 1.165) is 23.3 Å². The van der Waals surface area contributed by atoms with E-state index in [9.17, 15) is 21.6 Å². The molecule has 0 spiro atoms. The number of aliphatic imine (C=N–C) groups is 1. The number of benzene rings is 2. The van der Waals surface area contributed by atoms with E-state index in [0.29, 0.717) is 31.0 Å². The van der Waals surface area contributed by atoms with Crippen LogP contribution in [0, 0.1) is 0 Å². The molecule has 0 bridgehead atoms. The zero-order chi connectivity index (χ0) is 22.2. The summed E-state index contributed by atoms with van der Waals surface area (Å²) < 4.78 is 63.5. The molecule has 11 heteroatoms. The molecule has 2 rings (SSSR count). The predicted octanol–water partition coefficient (Wildman–Crippen LogP) is 3.28. The molecular weight excluding hydrogens is 544 g/mol. The van der Waals surface area contributed by atoms with E-state index in [1.54, 1.807) is 25.2 Å². The van der Waals surface area contributed by atoms with Crippen molar-refractivity contribution in [2.24, 2.45) is 4.99 Å². The van der Waals surface area contributed by atoms with Gasteiger partial charge in [-0.2, -0.15) is 13.2 Å². The second kappa shape index (κ2) is 12.2. The van der Waals surface area contributed by atoms with Gasteiger partial charge >= 0.3 is 6.18 Å². The fraction of sp³-hybridized carbons (Fsp3) is 0.350. The van der Waals surface area contributed by atoms with Gasteiger partial charge in [-0.25, -0.2) is 13.1 Å². The molecular formula is C20H26F3IN4O2S. The molecule has 31 heavy (non-hydrogen) atoms. The van der Waals surface area contributed by atoms with Crippen molar-refractivity contribution in [2.75, 3.05) is 20.6 Å². The first-order chi connectivity index (χ1) is 14.1. The van der Waals surface area contributed by atoms with E-state index in [4.69, 9.17) is 0 Å². The van der Waals surface area contributed by atoms with Crippen LogP contribution in [0.1, 0.15) is 22.3 Å². The maximum atomic E-state index is 12.6. The molecule has 0 aliphatic heterocycles. The third kappa shape index (κ3) is 9.44. The summed E-state index contributed by atoms with van der Waals surface area (Å²) in [4.78, 5) is 4.12. The summed E-state index contributed by atoms with van der Waals surface area (Å²) in [6, 6.07) is 12.3. The summed E-state index contributed by atoms with van der Waals surface area (Å²) in [6.45, 7) is 0.929. The first kappa shape index (κ1) is 27.2. The monoisotopic (exact) mass is 570 g/mol. The Labute approximate surface area is 197 Å². The second-order valence-electron chi connectivity index (χ2n) is 6.58. The average molecular weight is 570 g/mol. The lowest BCUT2D eigenvalue weighted by molar-refractivity contribution is -0.137. The highest BCUT2D eigenvalue weighted by molar-refractivity contribution is 14.0. The van der Waals surface area contributed by atoms with Gasteiger partial charge in [0, 0.05) is 20.1 Å². The molecule has 0 heterocycles. The first-order valence-corrected chi connectivity index (χ1v) is 10.9. The molecule has 6 nitrogen and oxygen atoms in total. The Morgan fingerprint density at radius 1 is 1.00 bits per heavy atom. The van der Waals surface area contributed by atoms with Gasteiger partial charge in [-0.1, -0.05) is 36.4 Å². The number of nitrogens with zero attached hydrogens (tertiary/aromatic N) is 1. The number of nitrogens with one attached hydrogen (secondary N) is 3. The van der Waals surface area contributed by atoms with Crippen molar-refractivity contribution in [1.82, 2.24) is 15.4 Å². The summed E-state index contributed by atoms with van der Waals surface area (Å²) in [7, 11) is -0.353. The summed E-state index contributed by atoms with van der Waals surface area (Å²) in [6.07, 6.45) is -3.80. The molecule has 0 unspecified atom stereocenters. The predicted molar refractivity (Wildman–Crippen MR) is 127 cm³/mol. The van der Waals surface area contributed by atoms with Gasteiger partial charge in [0.2, 0.25) is 10.0 Å². The third-order valence-electron chi connectivity index (χ3n) is 4.33. The highest BCUT2D eigenvalue weighted by Crippen LogP contribution is 2.29. The normalized spacial score (nSPS) is 12.2. The fourth-order valence-corrected chi connectivity index (χ4v) is 3.48. The minimum Gasteiger partial charge on any atom is -0.356 e. The summed E-state index contributed by atoms with van der Waals surface area (Å²) in [5, 5.41) is 6.24. The zero-order valence-corrected chi connectivity index (χ0v) is 20.3. The van der Waals surface area contributed by atoms with Crippen molar-refractivity contribution < 1.29 is 21.6 Å². The van der Waals surface area contributed by atoms with Crippen molar-refractivity contribution in [1.29, 1.82) is 0 Å². The van der Waals surface area contributed by atoms with Crippen LogP contribution in [0.3, 0.4) is 0 Å². The minimum absolute atomic E-state index is 0. The molecule has 0 aliphatic carbocycles.